The van der Waals surface area contributed by atoms with Gasteiger partial charge < -0.3 is 10.7 Å². The minimum Gasteiger partial charge on any atom is -0.399 e. The van der Waals surface area contributed by atoms with E-state index < -0.39 is 0 Å². The van der Waals surface area contributed by atoms with Gasteiger partial charge in [-0.2, -0.15) is 0 Å². The third-order valence-electron chi connectivity index (χ3n) is 5.47. The van der Waals surface area contributed by atoms with Crippen molar-refractivity contribution in [2.45, 2.75) is 19.5 Å². The minimum atomic E-state index is -0.0638. The Kier molecular flexibility index (Phi) is 4.33. The first kappa shape index (κ1) is 17.6. The second-order valence-corrected chi connectivity index (χ2v) is 7.41. The first-order chi connectivity index (χ1) is 14.2. The number of hydrogen-bond acceptors (Lipinski definition) is 5. The third kappa shape index (κ3) is 3.39. The number of nitrogen functional groups attached to an aromatic ring is 1. The summed E-state index contributed by atoms with van der Waals surface area (Å²) in [5, 5.41) is 1.16. The summed E-state index contributed by atoms with van der Waals surface area (Å²) < 4.78 is 0. The van der Waals surface area contributed by atoms with Crippen LogP contribution in [0.1, 0.15) is 16.8 Å². The summed E-state index contributed by atoms with van der Waals surface area (Å²) in [7, 11) is 0. The number of para-hydroxylation sites is 1. The highest BCUT2D eigenvalue weighted by atomic mass is 16.1. The number of hydrogen-bond donors (Lipinski definition) is 2. The molecule has 29 heavy (non-hydrogen) atoms. The molecule has 3 N–H and O–H groups in total. The molecule has 0 spiro atoms. The molecule has 0 saturated heterocycles. The monoisotopic (exact) mass is 383 g/mol. The molecule has 0 radical (unpaired) electrons. The lowest BCUT2D eigenvalue weighted by Gasteiger charge is -2.28. The number of anilines is 1. The number of nitrogens with zero attached hydrogens (tertiary/aromatic N) is 3. The first-order valence-electron chi connectivity index (χ1n) is 9.70. The van der Waals surface area contributed by atoms with Crippen molar-refractivity contribution in [3.63, 3.8) is 0 Å². The SMILES string of the molecule is Nc1ccc(-c2nc3c(c(=O)[nH]2)CN(Cc2ccnc4ccccc24)CC3)cc1. The zero-order valence-corrected chi connectivity index (χ0v) is 15.9. The average molecular weight is 383 g/mol. The first-order valence-corrected chi connectivity index (χ1v) is 9.70. The number of H-pyrrole nitrogens is 1. The van der Waals surface area contributed by atoms with E-state index >= 15 is 0 Å². The van der Waals surface area contributed by atoms with Gasteiger partial charge in [0.05, 0.1) is 16.8 Å². The predicted molar refractivity (Wildman–Crippen MR) is 114 cm³/mol. The number of benzene rings is 2. The summed E-state index contributed by atoms with van der Waals surface area (Å²) >= 11 is 0. The Bertz CT molecular complexity index is 1240. The highest BCUT2D eigenvalue weighted by Crippen LogP contribution is 2.23. The summed E-state index contributed by atoms with van der Waals surface area (Å²) in [5.41, 5.74) is 11.1. The largest absolute Gasteiger partial charge is 0.399 e. The molecule has 3 heterocycles. The number of rotatable bonds is 3. The molecule has 0 bridgehead atoms. The van der Waals surface area contributed by atoms with Crippen molar-refractivity contribution in [3.8, 4) is 11.4 Å². The van der Waals surface area contributed by atoms with Gasteiger partial charge in [-0.15, -0.1) is 0 Å². The number of aromatic nitrogens is 3. The van der Waals surface area contributed by atoms with Crippen LogP contribution in [0, 0.1) is 0 Å². The van der Waals surface area contributed by atoms with Crippen molar-refractivity contribution in [2.75, 3.05) is 12.3 Å². The van der Waals surface area contributed by atoms with Gasteiger partial charge in [0, 0.05) is 48.9 Å². The van der Waals surface area contributed by atoms with E-state index in [1.807, 2.05) is 48.7 Å². The molecule has 2 aromatic carbocycles. The van der Waals surface area contributed by atoms with E-state index in [1.165, 1.54) is 5.56 Å². The Morgan fingerprint density at radius 3 is 2.76 bits per heavy atom. The Labute approximate surface area is 168 Å². The van der Waals surface area contributed by atoms with E-state index in [1.54, 1.807) is 0 Å². The Balaban J connectivity index is 1.42. The molecule has 6 nitrogen and oxygen atoms in total. The zero-order valence-electron chi connectivity index (χ0n) is 15.9. The molecule has 1 aliphatic rings. The highest BCUT2D eigenvalue weighted by molar-refractivity contribution is 5.81. The van der Waals surface area contributed by atoms with Gasteiger partial charge in [-0.25, -0.2) is 4.98 Å². The van der Waals surface area contributed by atoms with Crippen molar-refractivity contribution in [1.82, 2.24) is 19.9 Å². The summed E-state index contributed by atoms with van der Waals surface area (Å²) in [6.45, 7) is 2.24. The van der Waals surface area contributed by atoms with Gasteiger partial charge in [-0.3, -0.25) is 14.7 Å². The normalized spacial score (nSPS) is 14.1. The van der Waals surface area contributed by atoms with Crippen LogP contribution in [-0.4, -0.2) is 26.4 Å². The number of pyridine rings is 1. The van der Waals surface area contributed by atoms with Crippen LogP contribution in [0.15, 0.2) is 65.6 Å². The smallest absolute Gasteiger partial charge is 0.255 e. The molecule has 144 valence electrons. The second kappa shape index (κ2) is 7.14. The lowest BCUT2D eigenvalue weighted by molar-refractivity contribution is 0.242. The van der Waals surface area contributed by atoms with Gasteiger partial charge >= 0.3 is 0 Å². The number of nitrogens with two attached hydrogens (primary N) is 1. The van der Waals surface area contributed by atoms with E-state index in [0.717, 1.165) is 47.2 Å². The molecule has 0 amide bonds. The molecule has 0 fully saturated rings. The summed E-state index contributed by atoms with van der Waals surface area (Å²) in [6, 6.07) is 17.6. The van der Waals surface area contributed by atoms with E-state index in [-0.39, 0.29) is 5.56 Å². The van der Waals surface area contributed by atoms with Crippen LogP contribution < -0.4 is 11.3 Å². The summed E-state index contributed by atoms with van der Waals surface area (Å²) in [5.74, 6) is 0.599. The van der Waals surface area contributed by atoms with E-state index in [9.17, 15) is 4.79 Å². The molecule has 0 unspecified atom stereocenters. The van der Waals surface area contributed by atoms with Crippen LogP contribution >= 0.6 is 0 Å². The maximum absolute atomic E-state index is 12.8. The van der Waals surface area contributed by atoms with E-state index in [2.05, 4.69) is 27.0 Å². The van der Waals surface area contributed by atoms with Gasteiger partial charge in [0.1, 0.15) is 5.82 Å². The molecule has 4 aromatic rings. The number of nitrogens with one attached hydrogen (secondary N) is 1. The zero-order chi connectivity index (χ0) is 19.8. The topological polar surface area (TPSA) is 87.9 Å². The van der Waals surface area contributed by atoms with Crippen LogP contribution in [0.2, 0.25) is 0 Å². The van der Waals surface area contributed by atoms with Crippen molar-refractivity contribution in [2.24, 2.45) is 0 Å². The Hall–Kier alpha value is -3.51. The average Bonchev–Trinajstić information content (AvgIpc) is 2.75. The quantitative estimate of drug-likeness (QED) is 0.531. The van der Waals surface area contributed by atoms with Crippen molar-refractivity contribution >= 4 is 16.6 Å². The van der Waals surface area contributed by atoms with Crippen LogP contribution in [0.4, 0.5) is 5.69 Å². The van der Waals surface area contributed by atoms with Crippen molar-refractivity contribution < 1.29 is 0 Å². The minimum absolute atomic E-state index is 0.0638. The van der Waals surface area contributed by atoms with Gasteiger partial charge in [0.2, 0.25) is 0 Å². The maximum Gasteiger partial charge on any atom is 0.255 e. The molecule has 0 saturated carbocycles. The van der Waals surface area contributed by atoms with Gasteiger partial charge in [0.25, 0.3) is 5.56 Å². The fraction of sp³-hybridized carbons (Fsp3) is 0.174. The Morgan fingerprint density at radius 1 is 1.07 bits per heavy atom. The number of fused-ring (bicyclic) bond motifs is 2. The summed E-state index contributed by atoms with van der Waals surface area (Å²) in [6.07, 6.45) is 2.60. The van der Waals surface area contributed by atoms with Crippen LogP contribution in [-0.2, 0) is 19.5 Å². The molecule has 0 atom stereocenters. The summed E-state index contributed by atoms with van der Waals surface area (Å²) in [4.78, 5) is 27.2. The van der Waals surface area contributed by atoms with Gasteiger partial charge in [0.15, 0.2) is 0 Å². The fourth-order valence-electron chi connectivity index (χ4n) is 3.93. The predicted octanol–water partition coefficient (Wildman–Crippen LogP) is 3.13. The van der Waals surface area contributed by atoms with E-state index in [4.69, 9.17) is 10.7 Å². The van der Waals surface area contributed by atoms with Crippen molar-refractivity contribution in [1.29, 1.82) is 0 Å². The van der Waals surface area contributed by atoms with Crippen LogP contribution in [0.25, 0.3) is 22.3 Å². The van der Waals surface area contributed by atoms with E-state index in [0.29, 0.717) is 18.1 Å². The molecular formula is C23H21N5O. The third-order valence-corrected chi connectivity index (χ3v) is 5.47. The number of aromatic amines is 1. The maximum atomic E-state index is 12.8. The molecule has 5 rings (SSSR count). The Morgan fingerprint density at radius 2 is 1.90 bits per heavy atom. The van der Waals surface area contributed by atoms with Crippen LogP contribution in [0.5, 0.6) is 0 Å². The lowest BCUT2D eigenvalue weighted by Crippen LogP contribution is -2.35. The van der Waals surface area contributed by atoms with Gasteiger partial charge in [-0.05, 0) is 42.0 Å². The molecular weight excluding hydrogens is 362 g/mol. The second-order valence-electron chi connectivity index (χ2n) is 7.41. The van der Waals surface area contributed by atoms with Crippen LogP contribution in [0.3, 0.4) is 0 Å². The molecule has 2 aromatic heterocycles. The highest BCUT2D eigenvalue weighted by Gasteiger charge is 2.22. The van der Waals surface area contributed by atoms with Crippen molar-refractivity contribution in [3.05, 3.63) is 88.0 Å². The molecule has 1 aliphatic heterocycles. The molecule has 0 aliphatic carbocycles. The fourth-order valence-corrected chi connectivity index (χ4v) is 3.93. The standard InChI is InChI=1S/C23H21N5O/c24-17-7-5-15(6-8-17)22-26-21-10-12-28(14-19(21)23(29)27-22)13-16-9-11-25-20-4-2-1-3-18(16)20/h1-9,11H,10,12-14,24H2,(H,26,27,29). The molecule has 6 heteroatoms. The lowest BCUT2D eigenvalue weighted by atomic mass is 10.0. The van der Waals surface area contributed by atoms with Gasteiger partial charge in [-0.1, -0.05) is 18.2 Å².